The van der Waals surface area contributed by atoms with Gasteiger partial charge in [-0.15, -0.1) is 0 Å². The molecule has 6 nitrogen and oxygen atoms in total. The molecular weight excluding hydrogens is 268 g/mol. The molecule has 94 valence electrons. The van der Waals surface area contributed by atoms with Gasteiger partial charge in [0.1, 0.15) is 11.8 Å². The zero-order chi connectivity index (χ0) is 13.8. The summed E-state index contributed by atoms with van der Waals surface area (Å²) in [6, 6.07) is 7.60. The second kappa shape index (κ2) is 5.33. The molecule has 2 N–H and O–H groups in total. The number of anilines is 2. The van der Waals surface area contributed by atoms with Crippen molar-refractivity contribution < 1.29 is 9.90 Å². The fourth-order valence-electron chi connectivity index (χ4n) is 1.35. The van der Waals surface area contributed by atoms with Crippen LogP contribution in [0.1, 0.15) is 16.1 Å². The third-order valence-corrected chi connectivity index (χ3v) is 2.55. The highest BCUT2D eigenvalue weighted by molar-refractivity contribution is 6.33. The number of benzene rings is 1. The molecule has 0 saturated carbocycles. The maximum absolute atomic E-state index is 10.8. The zero-order valence-corrected chi connectivity index (χ0v) is 10.2. The molecule has 0 saturated heterocycles. The van der Waals surface area contributed by atoms with Crippen molar-refractivity contribution in [3.8, 4) is 6.07 Å². The number of aromatic nitrogens is 2. The van der Waals surface area contributed by atoms with E-state index in [9.17, 15) is 4.79 Å². The second-order valence-electron chi connectivity index (χ2n) is 3.50. The average molecular weight is 275 g/mol. The molecule has 1 aromatic heterocycles. The van der Waals surface area contributed by atoms with Crippen LogP contribution >= 0.6 is 11.6 Å². The van der Waals surface area contributed by atoms with Crippen LogP contribution in [0.25, 0.3) is 0 Å². The van der Waals surface area contributed by atoms with E-state index in [0.29, 0.717) is 5.69 Å². The molecule has 0 spiro atoms. The molecule has 1 heterocycles. The molecule has 7 heteroatoms. The summed E-state index contributed by atoms with van der Waals surface area (Å²) < 4.78 is 0. The highest BCUT2D eigenvalue weighted by atomic mass is 35.5. The summed E-state index contributed by atoms with van der Waals surface area (Å²) in [5.74, 6) is -0.847. The third-order valence-electron chi connectivity index (χ3n) is 2.23. The molecule has 0 atom stereocenters. The third kappa shape index (κ3) is 2.97. The first kappa shape index (κ1) is 12.8. The maximum Gasteiger partial charge on any atom is 0.335 e. The van der Waals surface area contributed by atoms with Crippen molar-refractivity contribution in [3.63, 3.8) is 0 Å². The van der Waals surface area contributed by atoms with E-state index in [1.54, 1.807) is 0 Å². The van der Waals surface area contributed by atoms with Crippen LogP contribution in [0.15, 0.2) is 30.5 Å². The van der Waals surface area contributed by atoms with E-state index < -0.39 is 5.97 Å². The number of rotatable bonds is 3. The van der Waals surface area contributed by atoms with Crippen molar-refractivity contribution in [2.45, 2.75) is 0 Å². The molecule has 1 aromatic carbocycles. The summed E-state index contributed by atoms with van der Waals surface area (Å²) in [6.45, 7) is 0. The van der Waals surface area contributed by atoms with Crippen molar-refractivity contribution in [2.75, 3.05) is 5.32 Å². The van der Waals surface area contributed by atoms with Gasteiger partial charge in [0.2, 0.25) is 5.95 Å². The van der Waals surface area contributed by atoms with Crippen LogP contribution in [-0.4, -0.2) is 21.0 Å². The number of halogens is 1. The van der Waals surface area contributed by atoms with E-state index in [1.165, 1.54) is 30.5 Å². The van der Waals surface area contributed by atoms with Gasteiger partial charge in [-0.3, -0.25) is 0 Å². The van der Waals surface area contributed by atoms with Gasteiger partial charge in [-0.05, 0) is 24.3 Å². The lowest BCUT2D eigenvalue weighted by molar-refractivity contribution is 0.0697. The first-order chi connectivity index (χ1) is 9.10. The Morgan fingerprint density at radius 2 is 2.21 bits per heavy atom. The summed E-state index contributed by atoms with van der Waals surface area (Å²) in [7, 11) is 0. The normalized spacial score (nSPS) is 9.68. The highest BCUT2D eigenvalue weighted by Gasteiger charge is 2.08. The summed E-state index contributed by atoms with van der Waals surface area (Å²) in [4.78, 5) is 18.6. The minimum atomic E-state index is -1.06. The van der Waals surface area contributed by atoms with Gasteiger partial charge in [0, 0.05) is 6.20 Å². The van der Waals surface area contributed by atoms with Gasteiger partial charge in [0.15, 0.2) is 0 Å². The molecule has 0 amide bonds. The summed E-state index contributed by atoms with van der Waals surface area (Å²) in [5.41, 5.74) is 0.764. The lowest BCUT2D eigenvalue weighted by atomic mass is 10.2. The fraction of sp³-hybridized carbons (Fsp3) is 0. The standard InChI is InChI=1S/C12H7ClN4O2/c13-9-5-7(11(18)19)1-2-10(9)17-12-15-4-3-8(6-14)16-12/h1-5H,(H,18,19)(H,15,16,17). The molecule has 0 aliphatic carbocycles. The van der Waals surface area contributed by atoms with Crippen molar-refractivity contribution in [1.29, 1.82) is 5.26 Å². The van der Waals surface area contributed by atoms with Crippen LogP contribution < -0.4 is 5.32 Å². The minimum absolute atomic E-state index is 0.0854. The number of nitrogens with one attached hydrogen (secondary N) is 1. The Morgan fingerprint density at radius 3 is 2.84 bits per heavy atom. The van der Waals surface area contributed by atoms with Gasteiger partial charge >= 0.3 is 5.97 Å². The predicted molar refractivity (Wildman–Crippen MR) is 68.4 cm³/mol. The monoisotopic (exact) mass is 274 g/mol. The Bertz CT molecular complexity index is 682. The van der Waals surface area contributed by atoms with Gasteiger partial charge in [-0.1, -0.05) is 11.6 Å². The molecule has 0 fully saturated rings. The number of aromatic carboxylic acids is 1. The number of carboxylic acid groups (broad SMARTS) is 1. The molecule has 2 rings (SSSR count). The van der Waals surface area contributed by atoms with Crippen LogP contribution in [0.4, 0.5) is 11.6 Å². The van der Waals surface area contributed by atoms with E-state index in [4.69, 9.17) is 22.0 Å². The van der Waals surface area contributed by atoms with Crippen molar-refractivity contribution in [3.05, 3.63) is 46.7 Å². The summed E-state index contributed by atoms with van der Waals surface area (Å²) in [6.07, 6.45) is 1.44. The van der Waals surface area contributed by atoms with Gasteiger partial charge < -0.3 is 10.4 Å². The lowest BCUT2D eigenvalue weighted by Gasteiger charge is -2.07. The number of carboxylic acids is 1. The maximum atomic E-state index is 10.8. The summed E-state index contributed by atoms with van der Waals surface area (Å²) >= 11 is 5.95. The Labute approximate surface area is 113 Å². The van der Waals surface area contributed by atoms with Gasteiger partial charge in [-0.25, -0.2) is 14.8 Å². The molecule has 2 aromatic rings. The largest absolute Gasteiger partial charge is 0.478 e. The molecule has 0 bridgehead atoms. The Kier molecular flexibility index (Phi) is 3.59. The number of carbonyl (C=O) groups is 1. The predicted octanol–water partition coefficient (Wildman–Crippen LogP) is 2.44. The molecule has 0 aliphatic heterocycles. The minimum Gasteiger partial charge on any atom is -0.478 e. The molecule has 0 unspecified atom stereocenters. The number of hydrogen-bond donors (Lipinski definition) is 2. The van der Waals surface area contributed by atoms with E-state index in [2.05, 4.69) is 15.3 Å². The topological polar surface area (TPSA) is 98.9 Å². The van der Waals surface area contributed by atoms with E-state index in [-0.39, 0.29) is 22.2 Å². The quantitative estimate of drug-likeness (QED) is 0.892. The van der Waals surface area contributed by atoms with E-state index in [0.717, 1.165) is 0 Å². The van der Waals surface area contributed by atoms with Gasteiger partial charge in [0.25, 0.3) is 0 Å². The average Bonchev–Trinajstić information content (AvgIpc) is 2.41. The second-order valence-corrected chi connectivity index (χ2v) is 3.91. The smallest absolute Gasteiger partial charge is 0.335 e. The van der Waals surface area contributed by atoms with Crippen LogP contribution in [0, 0.1) is 11.3 Å². The van der Waals surface area contributed by atoms with Crippen LogP contribution in [-0.2, 0) is 0 Å². The Balaban J connectivity index is 2.28. The molecule has 0 radical (unpaired) electrons. The van der Waals surface area contributed by atoms with E-state index >= 15 is 0 Å². The number of hydrogen-bond acceptors (Lipinski definition) is 5. The Hall–Kier alpha value is -2.65. The van der Waals surface area contributed by atoms with Crippen LogP contribution in [0.3, 0.4) is 0 Å². The number of nitrogens with zero attached hydrogens (tertiary/aromatic N) is 3. The number of nitriles is 1. The van der Waals surface area contributed by atoms with Crippen molar-refractivity contribution in [2.24, 2.45) is 0 Å². The first-order valence-corrected chi connectivity index (χ1v) is 5.51. The SMILES string of the molecule is N#Cc1ccnc(Nc2ccc(C(=O)O)cc2Cl)n1. The lowest BCUT2D eigenvalue weighted by Crippen LogP contribution is -2.00. The van der Waals surface area contributed by atoms with Crippen molar-refractivity contribution >= 4 is 29.2 Å². The molecular formula is C12H7ClN4O2. The highest BCUT2D eigenvalue weighted by Crippen LogP contribution is 2.25. The fourth-order valence-corrected chi connectivity index (χ4v) is 1.58. The summed E-state index contributed by atoms with van der Waals surface area (Å²) in [5, 5.41) is 20.6. The van der Waals surface area contributed by atoms with Crippen molar-refractivity contribution in [1.82, 2.24) is 9.97 Å². The van der Waals surface area contributed by atoms with Crippen LogP contribution in [0.5, 0.6) is 0 Å². The zero-order valence-electron chi connectivity index (χ0n) is 9.46. The van der Waals surface area contributed by atoms with Crippen LogP contribution in [0.2, 0.25) is 5.02 Å². The first-order valence-electron chi connectivity index (χ1n) is 5.13. The molecule has 0 aliphatic rings. The molecule has 19 heavy (non-hydrogen) atoms. The van der Waals surface area contributed by atoms with Gasteiger partial charge in [-0.2, -0.15) is 5.26 Å². The Morgan fingerprint density at radius 1 is 1.42 bits per heavy atom. The van der Waals surface area contributed by atoms with E-state index in [1.807, 2.05) is 6.07 Å². The van der Waals surface area contributed by atoms with Gasteiger partial charge in [0.05, 0.1) is 16.3 Å².